The van der Waals surface area contributed by atoms with Crippen LogP contribution in [0.25, 0.3) is 0 Å². The summed E-state index contributed by atoms with van der Waals surface area (Å²) in [5.41, 5.74) is 2.65. The molecule has 0 spiro atoms. The molecule has 0 radical (unpaired) electrons. The summed E-state index contributed by atoms with van der Waals surface area (Å²) in [7, 11) is 3.58. The average molecular weight is 248 g/mol. The second kappa shape index (κ2) is 6.19. The van der Waals surface area contributed by atoms with E-state index in [0.717, 1.165) is 17.5 Å². The highest BCUT2D eigenvalue weighted by Crippen LogP contribution is 2.18. The third-order valence-electron chi connectivity index (χ3n) is 3.06. The molecule has 0 bridgehead atoms. The Balaban J connectivity index is 2.78. The summed E-state index contributed by atoms with van der Waals surface area (Å²) in [6.45, 7) is 4.44. The Labute approximate surface area is 108 Å². The molecule has 1 atom stereocenters. The first kappa shape index (κ1) is 14.2. The van der Waals surface area contributed by atoms with Crippen LogP contribution in [0.4, 0.5) is 5.69 Å². The van der Waals surface area contributed by atoms with Crippen molar-refractivity contribution in [3.8, 4) is 0 Å². The summed E-state index contributed by atoms with van der Waals surface area (Å²) >= 11 is 0. The van der Waals surface area contributed by atoms with Gasteiger partial charge in [-0.15, -0.1) is 0 Å². The zero-order valence-corrected chi connectivity index (χ0v) is 11.4. The van der Waals surface area contributed by atoms with E-state index in [9.17, 15) is 9.59 Å². The smallest absolute Gasteiger partial charge is 0.224 e. The molecule has 98 valence electrons. The van der Waals surface area contributed by atoms with E-state index >= 15 is 0 Å². The highest BCUT2D eigenvalue weighted by Gasteiger charge is 2.14. The summed E-state index contributed by atoms with van der Waals surface area (Å²) in [4.78, 5) is 24.2. The van der Waals surface area contributed by atoms with Gasteiger partial charge in [0, 0.05) is 31.9 Å². The largest absolute Gasteiger partial charge is 0.374 e. The Morgan fingerprint density at radius 1 is 1.50 bits per heavy atom. The van der Waals surface area contributed by atoms with Gasteiger partial charge in [-0.05, 0) is 30.7 Å². The van der Waals surface area contributed by atoms with Crippen molar-refractivity contribution in [2.24, 2.45) is 5.92 Å². The first-order chi connectivity index (χ1) is 8.49. The fourth-order valence-electron chi connectivity index (χ4n) is 1.88. The number of amides is 1. The van der Waals surface area contributed by atoms with Gasteiger partial charge in [0.05, 0.1) is 5.92 Å². The van der Waals surface area contributed by atoms with Gasteiger partial charge < -0.3 is 10.2 Å². The zero-order valence-electron chi connectivity index (χ0n) is 11.4. The molecule has 1 amide bonds. The Hall–Kier alpha value is -1.84. The Morgan fingerprint density at radius 2 is 2.17 bits per heavy atom. The fraction of sp³-hybridized carbons (Fsp3) is 0.429. The van der Waals surface area contributed by atoms with Crippen molar-refractivity contribution in [2.45, 2.75) is 13.8 Å². The molecule has 1 aromatic carbocycles. The standard InChI is InChI=1S/C14H20N2O2/c1-10-7-13(6-5-12(10)9-17)16(4)8-11(2)14(18)15-3/h5-7,9,11H,8H2,1-4H3,(H,15,18). The lowest BCUT2D eigenvalue weighted by Crippen LogP contribution is -2.34. The third kappa shape index (κ3) is 3.32. The number of hydrogen-bond acceptors (Lipinski definition) is 3. The molecule has 0 heterocycles. The van der Waals surface area contributed by atoms with Gasteiger partial charge in [0.2, 0.25) is 5.91 Å². The SMILES string of the molecule is CNC(=O)C(C)CN(C)c1ccc(C=O)c(C)c1. The summed E-state index contributed by atoms with van der Waals surface area (Å²) in [6.07, 6.45) is 0.853. The predicted octanol–water partition coefficient (Wildman–Crippen LogP) is 1.63. The highest BCUT2D eigenvalue weighted by molar-refractivity contribution is 5.79. The van der Waals surface area contributed by atoms with Gasteiger partial charge >= 0.3 is 0 Å². The maximum Gasteiger partial charge on any atom is 0.224 e. The molecule has 18 heavy (non-hydrogen) atoms. The number of rotatable bonds is 5. The van der Waals surface area contributed by atoms with Gasteiger partial charge in [0.25, 0.3) is 0 Å². The topological polar surface area (TPSA) is 49.4 Å². The van der Waals surface area contributed by atoms with E-state index in [2.05, 4.69) is 5.32 Å². The van der Waals surface area contributed by atoms with E-state index in [1.54, 1.807) is 13.1 Å². The zero-order chi connectivity index (χ0) is 13.7. The first-order valence-corrected chi connectivity index (χ1v) is 5.98. The van der Waals surface area contributed by atoms with Gasteiger partial charge in [-0.2, -0.15) is 0 Å². The molecule has 0 aliphatic rings. The van der Waals surface area contributed by atoms with E-state index in [-0.39, 0.29) is 11.8 Å². The van der Waals surface area contributed by atoms with E-state index in [1.807, 2.05) is 37.9 Å². The van der Waals surface area contributed by atoms with Crippen molar-refractivity contribution in [3.05, 3.63) is 29.3 Å². The number of carbonyl (C=O) groups excluding carboxylic acids is 2. The molecule has 4 heteroatoms. The molecule has 4 nitrogen and oxygen atoms in total. The van der Waals surface area contributed by atoms with Crippen LogP contribution in [0.1, 0.15) is 22.8 Å². The molecule has 1 N–H and O–H groups in total. The number of nitrogens with zero attached hydrogens (tertiary/aromatic N) is 1. The monoisotopic (exact) mass is 248 g/mol. The molecule has 0 saturated carbocycles. The van der Waals surface area contributed by atoms with Crippen molar-refractivity contribution in [2.75, 3.05) is 25.5 Å². The van der Waals surface area contributed by atoms with Crippen molar-refractivity contribution in [3.63, 3.8) is 0 Å². The average Bonchev–Trinajstić information content (AvgIpc) is 2.37. The van der Waals surface area contributed by atoms with Crippen LogP contribution in [0.2, 0.25) is 0 Å². The molecule has 1 unspecified atom stereocenters. The minimum Gasteiger partial charge on any atom is -0.374 e. The number of hydrogen-bond donors (Lipinski definition) is 1. The highest BCUT2D eigenvalue weighted by atomic mass is 16.1. The summed E-state index contributed by atoms with van der Waals surface area (Å²) in [5.74, 6) is -0.0471. The number of carbonyl (C=O) groups is 2. The lowest BCUT2D eigenvalue weighted by molar-refractivity contribution is -0.123. The van der Waals surface area contributed by atoms with Crippen LogP contribution in [0.3, 0.4) is 0 Å². The normalized spacial score (nSPS) is 11.8. The number of anilines is 1. The summed E-state index contributed by atoms with van der Waals surface area (Å²) in [5, 5.41) is 2.64. The summed E-state index contributed by atoms with van der Waals surface area (Å²) < 4.78 is 0. The Bertz CT molecular complexity index is 443. The molecule has 0 aromatic heterocycles. The Kier molecular flexibility index (Phi) is 4.89. The van der Waals surface area contributed by atoms with Crippen LogP contribution in [0, 0.1) is 12.8 Å². The molecular formula is C14H20N2O2. The molecule has 0 saturated heterocycles. The molecule has 0 fully saturated rings. The number of nitrogens with one attached hydrogen (secondary N) is 1. The molecular weight excluding hydrogens is 228 g/mol. The predicted molar refractivity (Wildman–Crippen MR) is 73.1 cm³/mol. The van der Waals surface area contributed by atoms with Crippen LogP contribution >= 0.6 is 0 Å². The van der Waals surface area contributed by atoms with Gasteiger partial charge in [-0.1, -0.05) is 6.92 Å². The lowest BCUT2D eigenvalue weighted by Gasteiger charge is -2.23. The molecule has 1 aromatic rings. The van der Waals surface area contributed by atoms with E-state index < -0.39 is 0 Å². The van der Waals surface area contributed by atoms with Crippen molar-refractivity contribution in [1.29, 1.82) is 0 Å². The minimum absolute atomic E-state index is 0.0306. The number of benzene rings is 1. The lowest BCUT2D eigenvalue weighted by atomic mass is 10.1. The fourth-order valence-corrected chi connectivity index (χ4v) is 1.88. The maximum atomic E-state index is 11.5. The molecule has 1 rings (SSSR count). The summed E-state index contributed by atoms with van der Waals surface area (Å²) in [6, 6.07) is 5.66. The number of aryl methyl sites for hydroxylation is 1. The third-order valence-corrected chi connectivity index (χ3v) is 3.06. The van der Waals surface area contributed by atoms with E-state index in [0.29, 0.717) is 12.1 Å². The van der Waals surface area contributed by atoms with Crippen LogP contribution in [0.15, 0.2) is 18.2 Å². The van der Waals surface area contributed by atoms with Gasteiger partial charge in [0.15, 0.2) is 0 Å². The maximum absolute atomic E-state index is 11.5. The van der Waals surface area contributed by atoms with Crippen molar-refractivity contribution < 1.29 is 9.59 Å². The van der Waals surface area contributed by atoms with E-state index in [1.165, 1.54) is 0 Å². The minimum atomic E-state index is -0.0777. The quantitative estimate of drug-likeness (QED) is 0.806. The van der Waals surface area contributed by atoms with Crippen LogP contribution in [-0.4, -0.2) is 32.8 Å². The van der Waals surface area contributed by atoms with Crippen LogP contribution in [-0.2, 0) is 4.79 Å². The second-order valence-electron chi connectivity index (χ2n) is 4.55. The van der Waals surface area contributed by atoms with Crippen molar-refractivity contribution >= 4 is 17.9 Å². The Morgan fingerprint density at radius 3 is 2.67 bits per heavy atom. The molecule has 0 aliphatic heterocycles. The second-order valence-corrected chi connectivity index (χ2v) is 4.55. The number of aldehydes is 1. The van der Waals surface area contributed by atoms with Gasteiger partial charge in [-0.25, -0.2) is 0 Å². The first-order valence-electron chi connectivity index (χ1n) is 5.98. The van der Waals surface area contributed by atoms with Gasteiger partial charge in [0.1, 0.15) is 6.29 Å². The van der Waals surface area contributed by atoms with E-state index in [4.69, 9.17) is 0 Å². The van der Waals surface area contributed by atoms with Gasteiger partial charge in [-0.3, -0.25) is 9.59 Å². The van der Waals surface area contributed by atoms with Crippen LogP contribution in [0.5, 0.6) is 0 Å². The molecule has 0 aliphatic carbocycles. The van der Waals surface area contributed by atoms with Crippen LogP contribution < -0.4 is 10.2 Å². The van der Waals surface area contributed by atoms with Crippen molar-refractivity contribution in [1.82, 2.24) is 5.32 Å².